The molecule has 0 saturated heterocycles. The van der Waals surface area contributed by atoms with Crippen molar-refractivity contribution in [2.75, 3.05) is 0 Å². The smallest absolute Gasteiger partial charge is 0.308 e. The summed E-state index contributed by atoms with van der Waals surface area (Å²) in [6, 6.07) is 0. The van der Waals surface area contributed by atoms with Gasteiger partial charge < -0.3 is 19.7 Å². The predicted molar refractivity (Wildman–Crippen MR) is 112 cm³/mol. The van der Waals surface area contributed by atoms with Gasteiger partial charge in [0.2, 0.25) is 0 Å². The minimum Gasteiger partial charge on any atom is -0.481 e. The molecule has 0 amide bonds. The molecule has 8 atom stereocenters. The Balaban J connectivity index is 1.74. The van der Waals surface area contributed by atoms with Crippen molar-refractivity contribution in [2.45, 2.75) is 78.1 Å². The van der Waals surface area contributed by atoms with Gasteiger partial charge in [0.15, 0.2) is 0 Å². The van der Waals surface area contributed by atoms with Crippen LogP contribution in [0.4, 0.5) is 0 Å². The van der Waals surface area contributed by atoms with Gasteiger partial charge in [-0.1, -0.05) is 45.9 Å². The Bertz CT molecular complexity index is 679. The first-order chi connectivity index (χ1) is 13.8. The molecule has 3 aliphatic rings. The summed E-state index contributed by atoms with van der Waals surface area (Å²) in [6.07, 6.45) is 11.0. The summed E-state index contributed by atoms with van der Waals surface area (Å²) in [6.45, 7) is 8.34. The Hall–Kier alpha value is -1.75. The molecule has 162 valence electrons. The molecule has 0 spiro atoms. The summed E-state index contributed by atoms with van der Waals surface area (Å²) in [7, 11) is 0. The standard InChI is InChI=1S/C24H36O5/c1-5-15(3)24(27)29-21-11-14(2)10-17-7-6-16(4)20(23(17)21)9-8-19-12-18(25)13-22(26)28-19/h6-7,10,13-16,18-21,23,25-26H,5,8-9,11-12H2,1-4H3. The van der Waals surface area contributed by atoms with Crippen LogP contribution in [0.15, 0.2) is 35.8 Å². The molecule has 5 heteroatoms. The highest BCUT2D eigenvalue weighted by Crippen LogP contribution is 2.45. The van der Waals surface area contributed by atoms with Crippen LogP contribution in [-0.2, 0) is 14.3 Å². The maximum Gasteiger partial charge on any atom is 0.308 e. The van der Waals surface area contributed by atoms with E-state index in [4.69, 9.17) is 9.47 Å². The Labute approximate surface area is 174 Å². The molecule has 0 fully saturated rings. The minimum absolute atomic E-state index is 0.0819. The van der Waals surface area contributed by atoms with E-state index in [1.165, 1.54) is 11.6 Å². The average Bonchev–Trinajstić information content (AvgIpc) is 2.65. The lowest BCUT2D eigenvalue weighted by Gasteiger charge is -2.43. The highest BCUT2D eigenvalue weighted by atomic mass is 16.6. The van der Waals surface area contributed by atoms with Crippen molar-refractivity contribution in [3.63, 3.8) is 0 Å². The molecule has 2 N–H and O–H groups in total. The van der Waals surface area contributed by atoms with Gasteiger partial charge >= 0.3 is 5.97 Å². The fraction of sp³-hybridized carbons (Fsp3) is 0.708. The van der Waals surface area contributed by atoms with E-state index in [0.717, 1.165) is 25.7 Å². The molecule has 3 rings (SSSR count). The average molecular weight is 405 g/mol. The molecule has 0 aromatic rings. The second-order valence-electron chi connectivity index (χ2n) is 9.20. The maximum absolute atomic E-state index is 12.5. The van der Waals surface area contributed by atoms with E-state index < -0.39 is 6.10 Å². The lowest BCUT2D eigenvalue weighted by molar-refractivity contribution is -0.158. The van der Waals surface area contributed by atoms with Gasteiger partial charge in [-0.25, -0.2) is 0 Å². The van der Waals surface area contributed by atoms with E-state index in [2.05, 4.69) is 32.1 Å². The number of allylic oxidation sites excluding steroid dienone is 3. The fourth-order valence-electron chi connectivity index (χ4n) is 4.97. The van der Waals surface area contributed by atoms with Gasteiger partial charge in [0.1, 0.15) is 12.2 Å². The second-order valence-corrected chi connectivity index (χ2v) is 9.20. The normalized spacial score (nSPS) is 37.6. The van der Waals surface area contributed by atoms with E-state index in [9.17, 15) is 15.0 Å². The molecule has 5 nitrogen and oxygen atoms in total. The van der Waals surface area contributed by atoms with Crippen molar-refractivity contribution >= 4 is 5.97 Å². The Kier molecular flexibility index (Phi) is 7.10. The Morgan fingerprint density at radius 1 is 1.28 bits per heavy atom. The van der Waals surface area contributed by atoms with Crippen molar-refractivity contribution in [3.05, 3.63) is 35.8 Å². The van der Waals surface area contributed by atoms with Crippen LogP contribution in [0, 0.1) is 29.6 Å². The zero-order chi connectivity index (χ0) is 21.1. The third kappa shape index (κ3) is 5.25. The highest BCUT2D eigenvalue weighted by molar-refractivity contribution is 5.72. The van der Waals surface area contributed by atoms with E-state index in [1.807, 2.05) is 13.8 Å². The van der Waals surface area contributed by atoms with Gasteiger partial charge in [0.05, 0.1) is 12.0 Å². The number of rotatable bonds is 6. The molecule has 1 aliphatic heterocycles. The monoisotopic (exact) mass is 404 g/mol. The van der Waals surface area contributed by atoms with Crippen molar-refractivity contribution in [2.24, 2.45) is 29.6 Å². The van der Waals surface area contributed by atoms with Crippen LogP contribution in [0.2, 0.25) is 0 Å². The number of esters is 1. The molecular formula is C24H36O5. The number of hydrogen-bond acceptors (Lipinski definition) is 5. The summed E-state index contributed by atoms with van der Waals surface area (Å²) in [5.74, 6) is 0.917. The zero-order valence-corrected chi connectivity index (χ0v) is 18.1. The molecule has 2 aliphatic carbocycles. The third-order valence-electron chi connectivity index (χ3n) is 6.83. The van der Waals surface area contributed by atoms with Gasteiger partial charge in [0, 0.05) is 18.4 Å². The van der Waals surface area contributed by atoms with Gasteiger partial charge in [-0.2, -0.15) is 0 Å². The molecule has 0 saturated carbocycles. The number of fused-ring (bicyclic) bond motifs is 1. The summed E-state index contributed by atoms with van der Waals surface area (Å²) in [4.78, 5) is 12.5. The fourth-order valence-corrected chi connectivity index (χ4v) is 4.97. The zero-order valence-electron chi connectivity index (χ0n) is 18.1. The van der Waals surface area contributed by atoms with Crippen molar-refractivity contribution < 1.29 is 24.5 Å². The molecule has 0 radical (unpaired) electrons. The van der Waals surface area contributed by atoms with Crippen molar-refractivity contribution in [3.8, 4) is 0 Å². The van der Waals surface area contributed by atoms with Crippen LogP contribution < -0.4 is 0 Å². The molecule has 1 heterocycles. The number of carbonyl (C=O) groups is 1. The summed E-state index contributed by atoms with van der Waals surface area (Å²) in [5, 5.41) is 19.6. The number of aliphatic hydroxyl groups excluding tert-OH is 2. The topological polar surface area (TPSA) is 76.0 Å². The molecule has 8 unspecified atom stereocenters. The highest BCUT2D eigenvalue weighted by Gasteiger charge is 2.42. The first kappa shape index (κ1) is 21.9. The lowest BCUT2D eigenvalue weighted by Crippen LogP contribution is -2.42. The van der Waals surface area contributed by atoms with Crippen LogP contribution >= 0.6 is 0 Å². The molecule has 0 bridgehead atoms. The van der Waals surface area contributed by atoms with Crippen LogP contribution in [0.1, 0.15) is 59.8 Å². The van der Waals surface area contributed by atoms with Gasteiger partial charge in [-0.15, -0.1) is 0 Å². The van der Waals surface area contributed by atoms with E-state index in [-0.39, 0.29) is 36.0 Å². The minimum atomic E-state index is -0.660. The SMILES string of the molecule is CCC(C)C(=O)OC1CC(C)C=C2C=CC(C)C(CCC3CC(O)C=C(O)O3)C21. The number of ether oxygens (including phenoxy) is 2. The maximum atomic E-state index is 12.5. The lowest BCUT2D eigenvalue weighted by atomic mass is 9.65. The quantitative estimate of drug-likeness (QED) is 0.629. The summed E-state index contributed by atoms with van der Waals surface area (Å²) in [5.41, 5.74) is 1.28. The first-order valence-electron chi connectivity index (χ1n) is 11.1. The Morgan fingerprint density at radius 2 is 2.03 bits per heavy atom. The Morgan fingerprint density at radius 3 is 2.72 bits per heavy atom. The van der Waals surface area contributed by atoms with Gasteiger partial charge in [-0.05, 0) is 49.0 Å². The van der Waals surface area contributed by atoms with E-state index in [1.54, 1.807) is 0 Å². The summed E-state index contributed by atoms with van der Waals surface area (Å²) < 4.78 is 11.6. The van der Waals surface area contributed by atoms with E-state index >= 15 is 0 Å². The second kappa shape index (κ2) is 9.38. The predicted octanol–water partition coefficient (Wildman–Crippen LogP) is 4.68. The van der Waals surface area contributed by atoms with E-state index in [0.29, 0.717) is 24.2 Å². The summed E-state index contributed by atoms with van der Waals surface area (Å²) >= 11 is 0. The number of hydrogen-bond donors (Lipinski definition) is 2. The van der Waals surface area contributed by atoms with Gasteiger partial charge in [0.25, 0.3) is 5.95 Å². The van der Waals surface area contributed by atoms with Crippen LogP contribution in [0.25, 0.3) is 0 Å². The molecular weight excluding hydrogens is 368 g/mol. The van der Waals surface area contributed by atoms with Gasteiger partial charge in [-0.3, -0.25) is 4.79 Å². The van der Waals surface area contributed by atoms with Crippen molar-refractivity contribution in [1.82, 2.24) is 0 Å². The number of carbonyl (C=O) groups excluding carboxylic acids is 1. The largest absolute Gasteiger partial charge is 0.481 e. The molecule has 0 aromatic carbocycles. The third-order valence-corrected chi connectivity index (χ3v) is 6.83. The number of aliphatic hydroxyl groups is 2. The van der Waals surface area contributed by atoms with Crippen LogP contribution in [-0.4, -0.2) is 34.5 Å². The molecule has 29 heavy (non-hydrogen) atoms. The molecule has 0 aromatic heterocycles. The van der Waals surface area contributed by atoms with Crippen LogP contribution in [0.3, 0.4) is 0 Å². The van der Waals surface area contributed by atoms with Crippen LogP contribution in [0.5, 0.6) is 0 Å². The van der Waals surface area contributed by atoms with Crippen molar-refractivity contribution in [1.29, 1.82) is 0 Å². The first-order valence-corrected chi connectivity index (χ1v) is 11.1.